The number of hydrogen-bond acceptors (Lipinski definition) is 5. The predicted octanol–water partition coefficient (Wildman–Crippen LogP) is 4.87. The molecule has 3 atom stereocenters. The van der Waals surface area contributed by atoms with E-state index in [0.29, 0.717) is 28.1 Å². The van der Waals surface area contributed by atoms with Crippen LogP contribution in [-0.4, -0.2) is 23.0 Å². The number of nitrogens with two attached hydrogens (primary N) is 1. The van der Waals surface area contributed by atoms with Gasteiger partial charge >= 0.3 is 0 Å². The van der Waals surface area contributed by atoms with Crippen molar-refractivity contribution in [3.8, 4) is 11.5 Å². The van der Waals surface area contributed by atoms with Crippen LogP contribution in [0.15, 0.2) is 45.8 Å². The quantitative estimate of drug-likeness (QED) is 0.654. The molecule has 0 bridgehead atoms. The van der Waals surface area contributed by atoms with Gasteiger partial charge in [0.05, 0.1) is 0 Å². The second kappa shape index (κ2) is 5.89. The Morgan fingerprint density at radius 1 is 1.24 bits per heavy atom. The SMILES string of the molecule is CC12C[C@@H]1[C@@](c1cc(-c3nc4ccc(Cl)cc4o3)ccc1F)(C(F)F)N=C(N)O2. The van der Waals surface area contributed by atoms with Crippen LogP contribution in [0.1, 0.15) is 18.9 Å². The molecule has 1 aliphatic carbocycles. The minimum absolute atomic E-state index is 0.163. The first-order chi connectivity index (χ1) is 13.7. The smallest absolute Gasteiger partial charge is 0.283 e. The maximum atomic E-state index is 14.8. The summed E-state index contributed by atoms with van der Waals surface area (Å²) >= 11 is 5.96. The maximum absolute atomic E-state index is 14.8. The largest absolute Gasteiger partial charge is 0.459 e. The molecule has 29 heavy (non-hydrogen) atoms. The van der Waals surface area contributed by atoms with Gasteiger partial charge in [0.25, 0.3) is 12.4 Å². The number of oxazole rings is 1. The Hall–Kier alpha value is -2.74. The summed E-state index contributed by atoms with van der Waals surface area (Å²) in [6, 6.07) is 8.38. The molecule has 2 N–H and O–H groups in total. The number of hydrogen-bond donors (Lipinski definition) is 1. The number of aromatic nitrogens is 1. The molecule has 2 heterocycles. The molecule has 1 fully saturated rings. The van der Waals surface area contributed by atoms with E-state index in [0.717, 1.165) is 6.07 Å². The van der Waals surface area contributed by atoms with E-state index in [2.05, 4.69) is 9.98 Å². The third-order valence-corrected chi connectivity index (χ3v) is 5.91. The molecule has 1 saturated carbocycles. The summed E-state index contributed by atoms with van der Waals surface area (Å²) in [4.78, 5) is 8.26. The number of ether oxygens (including phenoxy) is 1. The number of halogens is 4. The van der Waals surface area contributed by atoms with Crippen LogP contribution < -0.4 is 5.73 Å². The van der Waals surface area contributed by atoms with Gasteiger partial charge in [-0.15, -0.1) is 0 Å². The fourth-order valence-electron chi connectivity index (χ4n) is 4.16. The van der Waals surface area contributed by atoms with Crippen molar-refractivity contribution in [1.82, 2.24) is 4.98 Å². The van der Waals surface area contributed by atoms with Gasteiger partial charge in [0, 0.05) is 28.1 Å². The second-order valence-electron chi connectivity index (χ2n) is 7.57. The topological polar surface area (TPSA) is 73.6 Å². The van der Waals surface area contributed by atoms with Gasteiger partial charge in [0.15, 0.2) is 11.1 Å². The van der Waals surface area contributed by atoms with Crippen LogP contribution in [0.4, 0.5) is 13.2 Å². The lowest BCUT2D eigenvalue weighted by molar-refractivity contribution is 0.000161. The Bertz CT molecular complexity index is 1180. The molecule has 150 valence electrons. The van der Waals surface area contributed by atoms with Crippen LogP contribution in [0.25, 0.3) is 22.6 Å². The minimum Gasteiger partial charge on any atom is -0.459 e. The Balaban J connectivity index is 1.68. The number of amidine groups is 1. The van der Waals surface area contributed by atoms with E-state index in [9.17, 15) is 13.2 Å². The first kappa shape index (κ1) is 18.3. The zero-order valence-electron chi connectivity index (χ0n) is 15.1. The average molecular weight is 422 g/mol. The fraction of sp³-hybridized carbons (Fsp3) is 0.300. The zero-order valence-corrected chi connectivity index (χ0v) is 15.9. The molecule has 1 aromatic heterocycles. The van der Waals surface area contributed by atoms with Crippen molar-refractivity contribution in [2.75, 3.05) is 0 Å². The summed E-state index contributed by atoms with van der Waals surface area (Å²) in [6.45, 7) is 1.67. The Morgan fingerprint density at radius 3 is 2.79 bits per heavy atom. The monoisotopic (exact) mass is 421 g/mol. The highest BCUT2D eigenvalue weighted by molar-refractivity contribution is 6.31. The summed E-state index contributed by atoms with van der Waals surface area (Å²) in [5.41, 5.74) is 3.72. The molecule has 1 aliphatic heterocycles. The number of nitrogens with zero attached hydrogens (tertiary/aromatic N) is 2. The summed E-state index contributed by atoms with van der Waals surface area (Å²) in [6.07, 6.45) is -2.68. The molecule has 5 rings (SSSR count). The minimum atomic E-state index is -2.98. The molecule has 1 unspecified atom stereocenters. The highest BCUT2D eigenvalue weighted by Crippen LogP contribution is 2.62. The molecule has 0 saturated heterocycles. The van der Waals surface area contributed by atoms with Crippen molar-refractivity contribution in [2.45, 2.75) is 30.9 Å². The molecule has 3 aromatic rings. The van der Waals surface area contributed by atoms with E-state index in [4.69, 9.17) is 26.5 Å². The molecular weight excluding hydrogens is 407 g/mol. The van der Waals surface area contributed by atoms with Gasteiger partial charge in [0.2, 0.25) is 5.89 Å². The van der Waals surface area contributed by atoms with Crippen LogP contribution in [0.3, 0.4) is 0 Å². The Morgan fingerprint density at radius 2 is 2.03 bits per heavy atom. The number of alkyl halides is 2. The molecular formula is C20H15ClF3N3O2. The van der Waals surface area contributed by atoms with Crippen molar-refractivity contribution in [3.05, 3.63) is 52.8 Å². The predicted molar refractivity (Wildman–Crippen MR) is 101 cm³/mol. The van der Waals surface area contributed by atoms with Crippen molar-refractivity contribution >= 4 is 28.7 Å². The molecule has 0 amide bonds. The lowest BCUT2D eigenvalue weighted by Crippen LogP contribution is -2.46. The standard InChI is InChI=1S/C20H15ClF3N3O2/c1-19-8-15(19)20(17(23)24,27-18(25)29-19)11-6-9(2-4-12(11)22)16-26-13-5-3-10(21)7-14(13)28-16/h2-7,15,17H,8H2,1H3,(H2,25,27)/t15-,19?,20-/m0/s1. The van der Waals surface area contributed by atoms with Gasteiger partial charge in [-0.05, 0) is 43.7 Å². The van der Waals surface area contributed by atoms with Crippen LogP contribution in [0.5, 0.6) is 0 Å². The maximum Gasteiger partial charge on any atom is 0.283 e. The van der Waals surface area contributed by atoms with Gasteiger partial charge in [0.1, 0.15) is 16.9 Å². The number of aliphatic imine (C=N–C) groups is 1. The van der Waals surface area contributed by atoms with Crippen LogP contribution in [-0.2, 0) is 10.3 Å². The average Bonchev–Trinajstić information content (AvgIpc) is 3.16. The van der Waals surface area contributed by atoms with E-state index >= 15 is 0 Å². The third-order valence-electron chi connectivity index (χ3n) is 5.68. The molecule has 0 radical (unpaired) electrons. The summed E-state index contributed by atoms with van der Waals surface area (Å²) in [5, 5.41) is 0.469. The van der Waals surface area contributed by atoms with Gasteiger partial charge in [-0.1, -0.05) is 11.6 Å². The summed E-state index contributed by atoms with van der Waals surface area (Å²) in [7, 11) is 0. The zero-order chi connectivity index (χ0) is 20.6. The fourth-order valence-corrected chi connectivity index (χ4v) is 4.32. The van der Waals surface area contributed by atoms with Crippen LogP contribution >= 0.6 is 11.6 Å². The Labute approximate surface area is 168 Å². The second-order valence-corrected chi connectivity index (χ2v) is 8.01. The van der Waals surface area contributed by atoms with E-state index in [1.54, 1.807) is 25.1 Å². The van der Waals surface area contributed by atoms with Crippen LogP contribution in [0, 0.1) is 11.7 Å². The third kappa shape index (κ3) is 2.62. The molecule has 5 nitrogen and oxygen atoms in total. The highest BCUT2D eigenvalue weighted by Gasteiger charge is 2.70. The lowest BCUT2D eigenvalue weighted by atomic mass is 9.82. The summed E-state index contributed by atoms with van der Waals surface area (Å²) in [5.74, 6) is -1.34. The van der Waals surface area contributed by atoms with Crippen LogP contribution in [0.2, 0.25) is 5.02 Å². The van der Waals surface area contributed by atoms with E-state index in [1.807, 2.05) is 0 Å². The van der Waals surface area contributed by atoms with E-state index in [-0.39, 0.29) is 17.5 Å². The first-order valence-electron chi connectivity index (χ1n) is 8.92. The Kier molecular flexibility index (Phi) is 3.71. The van der Waals surface area contributed by atoms with Gasteiger partial charge < -0.3 is 14.9 Å². The van der Waals surface area contributed by atoms with Gasteiger partial charge in [-0.25, -0.2) is 23.1 Å². The lowest BCUT2D eigenvalue weighted by Gasteiger charge is -2.35. The molecule has 9 heteroatoms. The molecule has 0 spiro atoms. The molecule has 2 aliphatic rings. The normalized spacial score (nSPS) is 28.2. The van der Waals surface area contributed by atoms with Crippen molar-refractivity contribution < 1.29 is 22.3 Å². The molecule has 2 aromatic carbocycles. The van der Waals surface area contributed by atoms with Crippen molar-refractivity contribution in [1.29, 1.82) is 0 Å². The number of benzene rings is 2. The van der Waals surface area contributed by atoms with Crippen molar-refractivity contribution in [2.24, 2.45) is 16.6 Å². The number of fused-ring (bicyclic) bond motifs is 2. The first-order valence-corrected chi connectivity index (χ1v) is 9.30. The van der Waals surface area contributed by atoms with E-state index in [1.165, 1.54) is 12.1 Å². The number of rotatable bonds is 3. The van der Waals surface area contributed by atoms with Crippen molar-refractivity contribution in [3.63, 3.8) is 0 Å². The van der Waals surface area contributed by atoms with E-state index < -0.39 is 29.3 Å². The summed E-state index contributed by atoms with van der Waals surface area (Å²) < 4.78 is 54.7. The highest BCUT2D eigenvalue weighted by atomic mass is 35.5. The van der Waals surface area contributed by atoms with Gasteiger partial charge in [-0.2, -0.15) is 0 Å². The van der Waals surface area contributed by atoms with Gasteiger partial charge in [-0.3, -0.25) is 0 Å².